The van der Waals surface area contributed by atoms with E-state index < -0.39 is 0 Å². The molecule has 2 rings (SSSR count). The van der Waals surface area contributed by atoms with Crippen LogP contribution >= 0.6 is 0 Å². The van der Waals surface area contributed by atoms with E-state index in [-0.39, 0.29) is 12.1 Å². The van der Waals surface area contributed by atoms with Crippen LogP contribution < -0.4 is 15.2 Å². The fraction of sp³-hybridized carbons (Fsp3) is 0.462. The summed E-state index contributed by atoms with van der Waals surface area (Å²) >= 11 is 0. The zero-order chi connectivity index (χ0) is 12.3. The van der Waals surface area contributed by atoms with Gasteiger partial charge in [-0.05, 0) is 31.4 Å². The zero-order valence-corrected chi connectivity index (χ0v) is 9.85. The maximum absolute atomic E-state index is 9.01. The van der Waals surface area contributed by atoms with E-state index >= 15 is 0 Å². The van der Waals surface area contributed by atoms with Gasteiger partial charge in [0, 0.05) is 12.1 Å². The van der Waals surface area contributed by atoms with Gasteiger partial charge in [-0.2, -0.15) is 5.26 Å². The van der Waals surface area contributed by atoms with E-state index in [9.17, 15) is 0 Å². The van der Waals surface area contributed by atoms with Crippen molar-refractivity contribution in [1.29, 1.82) is 5.26 Å². The minimum absolute atomic E-state index is 0.115. The Morgan fingerprint density at radius 1 is 1.41 bits per heavy atom. The molecule has 0 aliphatic heterocycles. The highest BCUT2D eigenvalue weighted by Gasteiger charge is 2.24. The van der Waals surface area contributed by atoms with E-state index in [0.717, 1.165) is 19.3 Å². The molecule has 1 aromatic carbocycles. The molecule has 1 aliphatic carbocycles. The highest BCUT2D eigenvalue weighted by molar-refractivity contribution is 5.47. The molecule has 0 spiro atoms. The number of ether oxygens (including phenoxy) is 2. The van der Waals surface area contributed by atoms with Gasteiger partial charge in [0.05, 0.1) is 12.7 Å². The predicted octanol–water partition coefficient (Wildman–Crippen LogP) is 1.83. The van der Waals surface area contributed by atoms with Crippen molar-refractivity contribution in [3.05, 3.63) is 23.8 Å². The fourth-order valence-electron chi connectivity index (χ4n) is 2.08. The first kappa shape index (κ1) is 11.7. The molecule has 1 aliphatic rings. The van der Waals surface area contributed by atoms with Gasteiger partial charge in [0.15, 0.2) is 0 Å². The van der Waals surface area contributed by atoms with Gasteiger partial charge < -0.3 is 15.2 Å². The lowest BCUT2D eigenvalue weighted by Crippen LogP contribution is -2.19. The van der Waals surface area contributed by atoms with Gasteiger partial charge >= 0.3 is 0 Å². The first-order valence-electron chi connectivity index (χ1n) is 5.73. The number of benzene rings is 1. The van der Waals surface area contributed by atoms with Crippen LogP contribution in [0.3, 0.4) is 0 Å². The van der Waals surface area contributed by atoms with Crippen molar-refractivity contribution >= 4 is 0 Å². The predicted molar refractivity (Wildman–Crippen MR) is 64.0 cm³/mol. The van der Waals surface area contributed by atoms with E-state index in [0.29, 0.717) is 17.1 Å². The molecule has 90 valence electrons. The topological polar surface area (TPSA) is 68.3 Å². The quantitative estimate of drug-likeness (QED) is 0.863. The van der Waals surface area contributed by atoms with Gasteiger partial charge in [0.2, 0.25) is 0 Å². The van der Waals surface area contributed by atoms with E-state index in [1.54, 1.807) is 25.3 Å². The van der Waals surface area contributed by atoms with E-state index in [1.165, 1.54) is 0 Å². The lowest BCUT2D eigenvalue weighted by molar-refractivity contribution is 0.207. The Morgan fingerprint density at radius 2 is 2.24 bits per heavy atom. The molecular weight excluding hydrogens is 216 g/mol. The molecule has 0 aromatic heterocycles. The molecule has 2 unspecified atom stereocenters. The van der Waals surface area contributed by atoms with Crippen LogP contribution in [0.25, 0.3) is 0 Å². The molecule has 2 N–H and O–H groups in total. The van der Waals surface area contributed by atoms with Crippen molar-refractivity contribution in [2.45, 2.75) is 31.4 Å². The van der Waals surface area contributed by atoms with Crippen LogP contribution in [0, 0.1) is 11.3 Å². The van der Waals surface area contributed by atoms with Crippen molar-refractivity contribution < 1.29 is 9.47 Å². The molecule has 1 fully saturated rings. The van der Waals surface area contributed by atoms with Crippen LogP contribution in [0.5, 0.6) is 11.5 Å². The largest absolute Gasteiger partial charge is 0.497 e. The van der Waals surface area contributed by atoms with Crippen molar-refractivity contribution in [2.24, 2.45) is 5.73 Å². The number of hydrogen-bond acceptors (Lipinski definition) is 4. The molecule has 0 bridgehead atoms. The van der Waals surface area contributed by atoms with Gasteiger partial charge in [-0.15, -0.1) is 0 Å². The Hall–Kier alpha value is -1.73. The first-order chi connectivity index (χ1) is 8.22. The summed E-state index contributed by atoms with van der Waals surface area (Å²) in [5.74, 6) is 1.28. The number of methoxy groups -OCH3 is 1. The number of nitriles is 1. The minimum atomic E-state index is 0.115. The second kappa shape index (κ2) is 5.07. The fourth-order valence-corrected chi connectivity index (χ4v) is 2.08. The van der Waals surface area contributed by atoms with Crippen molar-refractivity contribution in [2.75, 3.05) is 7.11 Å². The summed E-state index contributed by atoms with van der Waals surface area (Å²) in [5, 5.41) is 9.01. The Morgan fingerprint density at radius 3 is 2.82 bits per heavy atom. The van der Waals surface area contributed by atoms with Crippen molar-refractivity contribution in [1.82, 2.24) is 0 Å². The SMILES string of the molecule is COc1ccc(C#N)c(OC2CCC(N)C2)c1. The third kappa shape index (κ3) is 2.69. The highest BCUT2D eigenvalue weighted by Crippen LogP contribution is 2.29. The molecular formula is C13H16N2O2. The Kier molecular flexibility index (Phi) is 3.50. The Bertz CT molecular complexity index is 440. The molecule has 0 heterocycles. The summed E-state index contributed by atoms with van der Waals surface area (Å²) in [4.78, 5) is 0. The van der Waals surface area contributed by atoms with Gasteiger partial charge in [-0.3, -0.25) is 0 Å². The highest BCUT2D eigenvalue weighted by atomic mass is 16.5. The Labute approximate surface area is 101 Å². The molecule has 0 saturated heterocycles. The second-order valence-corrected chi connectivity index (χ2v) is 4.29. The van der Waals surface area contributed by atoms with Crippen molar-refractivity contribution in [3.63, 3.8) is 0 Å². The third-order valence-electron chi connectivity index (χ3n) is 3.03. The molecule has 4 nitrogen and oxygen atoms in total. The Balaban J connectivity index is 2.16. The third-order valence-corrected chi connectivity index (χ3v) is 3.03. The molecule has 17 heavy (non-hydrogen) atoms. The molecule has 0 radical (unpaired) electrons. The average molecular weight is 232 g/mol. The van der Waals surface area contributed by atoms with E-state index in [4.69, 9.17) is 20.5 Å². The minimum Gasteiger partial charge on any atom is -0.497 e. The van der Waals surface area contributed by atoms with Crippen LogP contribution in [0.15, 0.2) is 18.2 Å². The van der Waals surface area contributed by atoms with E-state index in [1.807, 2.05) is 0 Å². The molecule has 1 saturated carbocycles. The molecule has 1 aromatic rings. The van der Waals surface area contributed by atoms with Crippen LogP contribution in [-0.4, -0.2) is 19.3 Å². The summed E-state index contributed by atoms with van der Waals surface area (Å²) in [7, 11) is 1.59. The first-order valence-corrected chi connectivity index (χ1v) is 5.73. The monoisotopic (exact) mass is 232 g/mol. The maximum atomic E-state index is 9.01. The molecule has 2 atom stereocenters. The number of hydrogen-bond donors (Lipinski definition) is 1. The van der Waals surface area contributed by atoms with E-state index in [2.05, 4.69) is 6.07 Å². The summed E-state index contributed by atoms with van der Waals surface area (Å²) in [6.07, 6.45) is 2.89. The standard InChI is InChI=1S/C13H16N2O2/c1-16-11-4-2-9(8-14)13(7-11)17-12-5-3-10(15)6-12/h2,4,7,10,12H,3,5-6,15H2,1H3. The summed E-state index contributed by atoms with van der Waals surface area (Å²) < 4.78 is 11.0. The lowest BCUT2D eigenvalue weighted by atomic mass is 10.2. The number of rotatable bonds is 3. The van der Waals surface area contributed by atoms with Gasteiger partial charge in [0.1, 0.15) is 23.7 Å². The van der Waals surface area contributed by atoms with Crippen LogP contribution in [0.2, 0.25) is 0 Å². The maximum Gasteiger partial charge on any atom is 0.141 e. The summed E-state index contributed by atoms with van der Waals surface area (Å²) in [6.45, 7) is 0. The van der Waals surface area contributed by atoms with Crippen LogP contribution in [-0.2, 0) is 0 Å². The zero-order valence-electron chi connectivity index (χ0n) is 9.85. The summed E-state index contributed by atoms with van der Waals surface area (Å²) in [6, 6.07) is 7.56. The van der Waals surface area contributed by atoms with Gasteiger partial charge in [0.25, 0.3) is 0 Å². The summed E-state index contributed by atoms with van der Waals surface area (Å²) in [5.41, 5.74) is 6.37. The lowest BCUT2D eigenvalue weighted by Gasteiger charge is -2.15. The average Bonchev–Trinajstić information content (AvgIpc) is 2.74. The van der Waals surface area contributed by atoms with Crippen molar-refractivity contribution in [3.8, 4) is 17.6 Å². The normalized spacial score (nSPS) is 23.1. The number of nitrogens with zero attached hydrogens (tertiary/aromatic N) is 1. The van der Waals surface area contributed by atoms with Gasteiger partial charge in [-0.1, -0.05) is 0 Å². The van der Waals surface area contributed by atoms with Gasteiger partial charge in [-0.25, -0.2) is 0 Å². The molecule has 0 amide bonds. The smallest absolute Gasteiger partial charge is 0.141 e. The van der Waals surface area contributed by atoms with Crippen LogP contribution in [0.4, 0.5) is 0 Å². The molecule has 4 heteroatoms. The number of nitrogens with two attached hydrogens (primary N) is 1. The second-order valence-electron chi connectivity index (χ2n) is 4.29. The van der Waals surface area contributed by atoms with Crippen LogP contribution in [0.1, 0.15) is 24.8 Å².